The van der Waals surface area contributed by atoms with E-state index in [1.807, 2.05) is 4.68 Å². The van der Waals surface area contributed by atoms with Crippen molar-refractivity contribution in [3.8, 4) is 0 Å². The summed E-state index contributed by atoms with van der Waals surface area (Å²) in [5, 5.41) is 4.44. The summed E-state index contributed by atoms with van der Waals surface area (Å²) in [5.41, 5.74) is 1.01. The fourth-order valence-electron chi connectivity index (χ4n) is 3.04. The molecule has 2 heterocycles. The number of halogens is 1. The molecule has 4 rings (SSSR count). The molecular weight excluding hydrogens is 269 g/mol. The Morgan fingerprint density at radius 3 is 2.67 bits per heavy atom. The largest absolute Gasteiger partial charge is 0.290 e. The molecule has 1 fully saturated rings. The van der Waals surface area contributed by atoms with Crippen molar-refractivity contribution < 1.29 is 9.18 Å². The Kier molecular flexibility index (Phi) is 2.71. The van der Waals surface area contributed by atoms with Crippen LogP contribution >= 0.6 is 0 Å². The van der Waals surface area contributed by atoms with Crippen LogP contribution in [-0.4, -0.2) is 20.5 Å². The normalized spacial score (nSPS) is 24.1. The highest BCUT2D eigenvalue weighted by atomic mass is 19.1. The predicted octanol–water partition coefficient (Wildman–Crippen LogP) is 3.11. The van der Waals surface area contributed by atoms with Gasteiger partial charge in [0.2, 0.25) is 11.6 Å². The summed E-state index contributed by atoms with van der Waals surface area (Å²) >= 11 is 0. The molecule has 0 unspecified atom stereocenters. The molecule has 1 aromatic heterocycles. The Morgan fingerprint density at radius 2 is 2.00 bits per heavy atom. The van der Waals surface area contributed by atoms with Gasteiger partial charge in [0.15, 0.2) is 0 Å². The maximum absolute atomic E-state index is 13.1. The first-order valence-electron chi connectivity index (χ1n) is 7.39. The van der Waals surface area contributed by atoms with E-state index in [0.29, 0.717) is 5.82 Å². The molecule has 1 aromatic carbocycles. The summed E-state index contributed by atoms with van der Waals surface area (Å²) in [4.78, 5) is 16.6. The van der Waals surface area contributed by atoms with E-state index in [1.165, 1.54) is 12.1 Å². The van der Waals surface area contributed by atoms with Gasteiger partial charge in [0.05, 0.1) is 6.04 Å². The smallest absolute Gasteiger partial charge is 0.217 e. The van der Waals surface area contributed by atoms with Gasteiger partial charge >= 0.3 is 0 Å². The van der Waals surface area contributed by atoms with Gasteiger partial charge < -0.3 is 0 Å². The molecule has 2 atom stereocenters. The number of carbonyl (C=O) groups excluding carboxylic acids is 1. The van der Waals surface area contributed by atoms with E-state index in [1.54, 1.807) is 12.1 Å². The first-order valence-corrected chi connectivity index (χ1v) is 7.39. The summed E-state index contributed by atoms with van der Waals surface area (Å²) in [5.74, 6) is 1.44. The minimum absolute atomic E-state index is 0.0452. The summed E-state index contributed by atoms with van der Waals surface area (Å²) in [6.07, 6.45) is 2.80. The highest BCUT2D eigenvalue weighted by Crippen LogP contribution is 2.39. The zero-order valence-corrected chi connectivity index (χ0v) is 11.8. The monoisotopic (exact) mass is 285 g/mol. The van der Waals surface area contributed by atoms with Gasteiger partial charge in [-0.15, -0.1) is 5.10 Å². The van der Waals surface area contributed by atoms with Gasteiger partial charge in [0.25, 0.3) is 0 Å². The van der Waals surface area contributed by atoms with Crippen molar-refractivity contribution in [1.29, 1.82) is 0 Å². The van der Waals surface area contributed by atoms with Gasteiger partial charge in [0, 0.05) is 11.8 Å². The van der Waals surface area contributed by atoms with E-state index in [9.17, 15) is 9.18 Å². The van der Waals surface area contributed by atoms with Crippen LogP contribution in [0.25, 0.3) is 0 Å². The van der Waals surface area contributed by atoms with Crippen molar-refractivity contribution in [2.75, 3.05) is 0 Å². The third-order valence-electron chi connectivity index (χ3n) is 4.39. The quantitative estimate of drug-likeness (QED) is 0.814. The summed E-state index contributed by atoms with van der Waals surface area (Å²) in [7, 11) is 0. The summed E-state index contributed by atoms with van der Waals surface area (Å²) in [6.45, 7) is 2.09. The standard InChI is InChI=1S/C16H16FN3O/c1-9-8-13(10-4-6-12(17)7-5-10)20-16(9)18-15(19-20)14(21)11-2-3-11/h4-7,9,11,13H,2-3,8H2,1H3/t9-,13-/m0/s1. The lowest BCUT2D eigenvalue weighted by molar-refractivity contribution is 0.0957. The van der Waals surface area contributed by atoms with Crippen molar-refractivity contribution in [2.45, 2.75) is 38.1 Å². The number of hydrogen-bond acceptors (Lipinski definition) is 3. The van der Waals surface area contributed by atoms with Crippen LogP contribution in [0.3, 0.4) is 0 Å². The number of aromatic nitrogens is 3. The molecule has 0 amide bonds. The molecule has 1 aliphatic carbocycles. The minimum atomic E-state index is -0.242. The van der Waals surface area contributed by atoms with E-state index < -0.39 is 0 Å². The molecule has 1 saturated carbocycles. The lowest BCUT2D eigenvalue weighted by Crippen LogP contribution is -2.10. The van der Waals surface area contributed by atoms with Crippen molar-refractivity contribution in [1.82, 2.24) is 14.8 Å². The van der Waals surface area contributed by atoms with Gasteiger partial charge in [-0.1, -0.05) is 19.1 Å². The molecule has 5 heteroatoms. The van der Waals surface area contributed by atoms with Gasteiger partial charge in [-0.05, 0) is 37.0 Å². The lowest BCUT2D eigenvalue weighted by Gasteiger charge is -2.12. The van der Waals surface area contributed by atoms with E-state index >= 15 is 0 Å². The fraction of sp³-hybridized carbons (Fsp3) is 0.438. The van der Waals surface area contributed by atoms with Gasteiger partial charge in [0.1, 0.15) is 11.6 Å². The molecule has 2 aromatic rings. The molecule has 0 radical (unpaired) electrons. The molecule has 0 spiro atoms. The van der Waals surface area contributed by atoms with Crippen LogP contribution in [-0.2, 0) is 0 Å². The molecule has 4 nitrogen and oxygen atoms in total. The number of benzene rings is 1. The first-order chi connectivity index (χ1) is 10.1. The van der Waals surface area contributed by atoms with Crippen LogP contribution in [0.4, 0.5) is 4.39 Å². The second-order valence-corrected chi connectivity index (χ2v) is 6.08. The number of nitrogens with zero attached hydrogens (tertiary/aromatic N) is 3. The molecule has 21 heavy (non-hydrogen) atoms. The highest BCUT2D eigenvalue weighted by Gasteiger charge is 2.37. The Hall–Kier alpha value is -2.04. The lowest BCUT2D eigenvalue weighted by atomic mass is 10.0. The number of fused-ring (bicyclic) bond motifs is 1. The number of carbonyl (C=O) groups is 1. The van der Waals surface area contributed by atoms with Crippen molar-refractivity contribution in [3.63, 3.8) is 0 Å². The Morgan fingerprint density at radius 1 is 1.29 bits per heavy atom. The van der Waals surface area contributed by atoms with Crippen molar-refractivity contribution in [3.05, 3.63) is 47.3 Å². The molecule has 2 aliphatic rings. The van der Waals surface area contributed by atoms with Crippen LogP contribution in [0.5, 0.6) is 0 Å². The molecule has 0 N–H and O–H groups in total. The van der Waals surface area contributed by atoms with Gasteiger partial charge in [-0.25, -0.2) is 14.1 Å². The summed E-state index contributed by atoms with van der Waals surface area (Å²) < 4.78 is 14.9. The number of hydrogen-bond donors (Lipinski definition) is 0. The van der Waals surface area contributed by atoms with Crippen LogP contribution in [0.1, 0.15) is 60.2 Å². The Balaban J connectivity index is 1.71. The van der Waals surface area contributed by atoms with Crippen LogP contribution in [0.2, 0.25) is 0 Å². The minimum Gasteiger partial charge on any atom is -0.290 e. The first kappa shape index (κ1) is 12.7. The SMILES string of the molecule is C[C@H]1C[C@@H](c2ccc(F)cc2)n2nc(C(=O)C3CC3)nc21. The summed E-state index contributed by atoms with van der Waals surface area (Å²) in [6, 6.07) is 6.54. The third-order valence-corrected chi connectivity index (χ3v) is 4.39. The molecule has 1 aliphatic heterocycles. The highest BCUT2D eigenvalue weighted by molar-refractivity contribution is 5.95. The molecule has 108 valence electrons. The van der Waals surface area contributed by atoms with Crippen molar-refractivity contribution >= 4 is 5.78 Å². The predicted molar refractivity (Wildman–Crippen MR) is 74.6 cm³/mol. The van der Waals surface area contributed by atoms with E-state index in [2.05, 4.69) is 17.0 Å². The van der Waals surface area contributed by atoms with E-state index in [4.69, 9.17) is 0 Å². The van der Waals surface area contributed by atoms with E-state index in [0.717, 1.165) is 30.7 Å². The number of ketones is 1. The maximum Gasteiger partial charge on any atom is 0.217 e. The second kappa shape index (κ2) is 4.48. The zero-order valence-electron chi connectivity index (χ0n) is 11.8. The fourth-order valence-corrected chi connectivity index (χ4v) is 3.04. The topological polar surface area (TPSA) is 47.8 Å². The van der Waals surface area contributed by atoms with E-state index in [-0.39, 0.29) is 29.5 Å². The van der Waals surface area contributed by atoms with Crippen LogP contribution in [0, 0.1) is 11.7 Å². The molecular formula is C16H16FN3O. The zero-order chi connectivity index (χ0) is 14.6. The Labute approximate surface area is 122 Å². The average Bonchev–Trinajstić information content (AvgIpc) is 3.16. The maximum atomic E-state index is 13.1. The second-order valence-electron chi connectivity index (χ2n) is 6.08. The number of rotatable bonds is 3. The van der Waals surface area contributed by atoms with Crippen LogP contribution < -0.4 is 0 Å². The Bertz CT molecular complexity index is 703. The van der Waals surface area contributed by atoms with Gasteiger partial charge in [-0.2, -0.15) is 0 Å². The molecule has 0 bridgehead atoms. The third kappa shape index (κ3) is 2.07. The molecule has 0 saturated heterocycles. The number of Topliss-reactive ketones (excluding diaryl/α,β-unsaturated/α-hetero) is 1. The van der Waals surface area contributed by atoms with Gasteiger partial charge in [-0.3, -0.25) is 4.79 Å². The van der Waals surface area contributed by atoms with Crippen molar-refractivity contribution in [2.24, 2.45) is 5.92 Å². The van der Waals surface area contributed by atoms with Crippen LogP contribution in [0.15, 0.2) is 24.3 Å². The average molecular weight is 285 g/mol.